The molecule has 0 aromatic heterocycles. The minimum atomic E-state index is 0.461. The summed E-state index contributed by atoms with van der Waals surface area (Å²) in [6.45, 7) is 4.33. The van der Waals surface area contributed by atoms with Crippen LogP contribution in [0.1, 0.15) is 56.2 Å². The van der Waals surface area contributed by atoms with E-state index in [1.165, 1.54) is 0 Å². The van der Waals surface area contributed by atoms with Crippen molar-refractivity contribution in [1.29, 1.82) is 0 Å². The average molecular weight is 342 g/mol. The van der Waals surface area contributed by atoms with Crippen LogP contribution in [0.4, 0.5) is 5.69 Å². The lowest BCUT2D eigenvalue weighted by Gasteiger charge is -2.15. The van der Waals surface area contributed by atoms with Crippen molar-refractivity contribution in [3.05, 3.63) is 59.2 Å². The number of hydrogen-bond donors (Lipinski definition) is 2. The van der Waals surface area contributed by atoms with Crippen molar-refractivity contribution in [2.75, 3.05) is 5.32 Å². The molecule has 0 aliphatic carbocycles. The number of thiocarbonyl (C=S) groups is 1. The van der Waals surface area contributed by atoms with E-state index in [-0.39, 0.29) is 0 Å². The van der Waals surface area contributed by atoms with Crippen LogP contribution >= 0.6 is 12.2 Å². The van der Waals surface area contributed by atoms with Crippen molar-refractivity contribution >= 4 is 22.9 Å². The Hall–Kier alpha value is -1.87. The third kappa shape index (κ3) is 5.07. The molecule has 24 heavy (non-hydrogen) atoms. The van der Waals surface area contributed by atoms with Gasteiger partial charge < -0.3 is 10.4 Å². The number of rotatable bonds is 8. The zero-order valence-corrected chi connectivity index (χ0v) is 15.5. The first-order chi connectivity index (χ1) is 11.7. The van der Waals surface area contributed by atoms with E-state index in [2.05, 4.69) is 19.2 Å². The van der Waals surface area contributed by atoms with E-state index < -0.39 is 0 Å². The van der Waals surface area contributed by atoms with Gasteiger partial charge in [-0.2, -0.15) is 0 Å². The lowest BCUT2D eigenvalue weighted by molar-refractivity contribution is 0.458. The maximum atomic E-state index is 10.6. The highest BCUT2D eigenvalue weighted by molar-refractivity contribution is 7.81. The van der Waals surface area contributed by atoms with Gasteiger partial charge >= 0.3 is 0 Å². The molecule has 0 saturated carbocycles. The summed E-state index contributed by atoms with van der Waals surface area (Å²) in [4.78, 5) is 0.705. The van der Waals surface area contributed by atoms with E-state index in [1.807, 2.05) is 42.5 Å². The van der Waals surface area contributed by atoms with E-state index >= 15 is 0 Å². The molecule has 0 amide bonds. The van der Waals surface area contributed by atoms with E-state index in [1.54, 1.807) is 0 Å². The highest BCUT2D eigenvalue weighted by Crippen LogP contribution is 2.28. The maximum Gasteiger partial charge on any atom is 0.121 e. The number of nitrogens with one attached hydrogen (secondary N) is 1. The largest absolute Gasteiger partial charge is 0.507 e. The van der Waals surface area contributed by atoms with Crippen molar-refractivity contribution in [3.8, 4) is 5.75 Å². The van der Waals surface area contributed by atoms with Gasteiger partial charge in [-0.15, -0.1) is 0 Å². The number of hydrogen-bond acceptors (Lipinski definition) is 2. The van der Waals surface area contributed by atoms with Gasteiger partial charge in [0.15, 0.2) is 0 Å². The predicted molar refractivity (Wildman–Crippen MR) is 107 cm³/mol. The number of aryl methyl sites for hydroxylation is 2. The van der Waals surface area contributed by atoms with Gasteiger partial charge in [0.25, 0.3) is 0 Å². The standard InChI is InChI=1S/C21H27NOS/c1-3-5-10-16-14-18(15-17(20(16)23)11-6-4-2)21(24)22-19-12-8-7-9-13-19/h7-9,12-15,23H,3-6,10-11H2,1-2H3,(H,22,24). The van der Waals surface area contributed by atoms with Crippen LogP contribution < -0.4 is 5.32 Å². The Balaban J connectivity index is 2.28. The number of unbranched alkanes of at least 4 members (excludes halogenated alkanes) is 2. The number of para-hydroxylation sites is 1. The molecule has 2 N–H and O–H groups in total. The Bertz CT molecular complexity index is 638. The third-order valence-electron chi connectivity index (χ3n) is 4.16. The summed E-state index contributed by atoms with van der Waals surface area (Å²) in [6, 6.07) is 14.0. The highest BCUT2D eigenvalue weighted by Gasteiger charge is 2.12. The minimum absolute atomic E-state index is 0.461. The van der Waals surface area contributed by atoms with Crippen LogP contribution in [0.2, 0.25) is 0 Å². The number of benzene rings is 2. The van der Waals surface area contributed by atoms with E-state index in [0.29, 0.717) is 10.7 Å². The number of phenolic OH excluding ortho intramolecular Hbond substituents is 1. The summed E-state index contributed by atoms with van der Waals surface area (Å²) in [5.41, 5.74) is 4.00. The molecule has 0 saturated heterocycles. The van der Waals surface area contributed by atoms with E-state index in [9.17, 15) is 5.11 Å². The number of aromatic hydroxyl groups is 1. The number of anilines is 1. The highest BCUT2D eigenvalue weighted by atomic mass is 32.1. The van der Waals surface area contributed by atoms with Gasteiger partial charge in [0.2, 0.25) is 0 Å². The van der Waals surface area contributed by atoms with E-state index in [0.717, 1.165) is 60.9 Å². The molecule has 0 radical (unpaired) electrons. The molecule has 0 unspecified atom stereocenters. The fraction of sp³-hybridized carbons (Fsp3) is 0.381. The molecule has 2 aromatic carbocycles. The van der Waals surface area contributed by atoms with Crippen LogP contribution in [0.15, 0.2) is 42.5 Å². The molecule has 128 valence electrons. The first-order valence-electron chi connectivity index (χ1n) is 8.86. The Morgan fingerprint density at radius 3 is 2.00 bits per heavy atom. The topological polar surface area (TPSA) is 32.3 Å². The van der Waals surface area contributed by atoms with Crippen molar-refractivity contribution in [1.82, 2.24) is 0 Å². The minimum Gasteiger partial charge on any atom is -0.507 e. The summed E-state index contributed by atoms with van der Waals surface area (Å²) in [7, 11) is 0. The van der Waals surface area contributed by atoms with Crippen molar-refractivity contribution in [2.45, 2.75) is 52.4 Å². The Labute approximate surface area is 150 Å². The predicted octanol–water partition coefficient (Wildman–Crippen LogP) is 5.87. The molecule has 0 spiro atoms. The second-order valence-electron chi connectivity index (χ2n) is 6.17. The number of phenols is 1. The summed E-state index contributed by atoms with van der Waals surface area (Å²) in [5.74, 6) is 0.461. The molecule has 0 aliphatic rings. The van der Waals surface area contributed by atoms with E-state index in [4.69, 9.17) is 12.2 Å². The summed E-state index contributed by atoms with van der Waals surface area (Å²) < 4.78 is 0. The molecule has 2 aromatic rings. The molecule has 0 heterocycles. The second kappa shape index (κ2) is 9.43. The summed E-state index contributed by atoms with van der Waals surface area (Å²) >= 11 is 5.60. The lowest BCUT2D eigenvalue weighted by atomic mass is 9.97. The summed E-state index contributed by atoms with van der Waals surface area (Å²) in [6.07, 6.45) is 6.15. The SMILES string of the molecule is CCCCc1cc(C(=S)Nc2ccccc2)cc(CCCC)c1O. The molecular formula is C21H27NOS. The summed E-state index contributed by atoms with van der Waals surface area (Å²) in [5, 5.41) is 13.9. The zero-order chi connectivity index (χ0) is 17.4. The fourth-order valence-electron chi connectivity index (χ4n) is 2.73. The first-order valence-corrected chi connectivity index (χ1v) is 9.27. The van der Waals surface area contributed by atoms with Gasteiger partial charge in [-0.3, -0.25) is 0 Å². The third-order valence-corrected chi connectivity index (χ3v) is 4.50. The lowest BCUT2D eigenvalue weighted by Crippen LogP contribution is -2.11. The first kappa shape index (κ1) is 18.5. The monoisotopic (exact) mass is 341 g/mol. The van der Waals surface area contributed by atoms with Gasteiger partial charge in [-0.05, 0) is 61.1 Å². The van der Waals surface area contributed by atoms with Crippen LogP contribution in [0.3, 0.4) is 0 Å². The van der Waals surface area contributed by atoms with Gasteiger partial charge in [0, 0.05) is 11.3 Å². The quantitative estimate of drug-likeness (QED) is 0.589. The second-order valence-corrected chi connectivity index (χ2v) is 6.58. The molecule has 2 nitrogen and oxygen atoms in total. The van der Waals surface area contributed by atoms with Gasteiger partial charge in [0.05, 0.1) is 0 Å². The van der Waals surface area contributed by atoms with Gasteiger partial charge in [-0.1, -0.05) is 57.1 Å². The van der Waals surface area contributed by atoms with Gasteiger partial charge in [-0.25, -0.2) is 0 Å². The van der Waals surface area contributed by atoms with Crippen molar-refractivity contribution in [3.63, 3.8) is 0 Å². The maximum absolute atomic E-state index is 10.6. The van der Waals surface area contributed by atoms with Crippen LogP contribution in [0.25, 0.3) is 0 Å². The fourth-order valence-corrected chi connectivity index (χ4v) is 2.97. The molecule has 0 aliphatic heterocycles. The molecule has 2 rings (SSSR count). The molecule has 0 bridgehead atoms. The molecule has 3 heteroatoms. The smallest absolute Gasteiger partial charge is 0.121 e. The molecular weight excluding hydrogens is 314 g/mol. The molecule has 0 fully saturated rings. The van der Waals surface area contributed by atoms with Crippen molar-refractivity contribution in [2.24, 2.45) is 0 Å². The van der Waals surface area contributed by atoms with Crippen LogP contribution in [-0.4, -0.2) is 10.1 Å². The Morgan fingerprint density at radius 1 is 0.958 bits per heavy atom. The zero-order valence-electron chi connectivity index (χ0n) is 14.6. The average Bonchev–Trinajstić information content (AvgIpc) is 2.60. The molecule has 0 atom stereocenters. The Kier molecular flexibility index (Phi) is 7.26. The Morgan fingerprint density at radius 2 is 1.50 bits per heavy atom. The van der Waals surface area contributed by atoms with Crippen LogP contribution in [0.5, 0.6) is 5.75 Å². The normalized spacial score (nSPS) is 10.6. The van der Waals surface area contributed by atoms with Crippen LogP contribution in [0, 0.1) is 0 Å². The van der Waals surface area contributed by atoms with Gasteiger partial charge in [0.1, 0.15) is 10.7 Å². The van der Waals surface area contributed by atoms with Crippen molar-refractivity contribution < 1.29 is 5.11 Å². The van der Waals surface area contributed by atoms with Crippen LogP contribution in [-0.2, 0) is 12.8 Å².